The second kappa shape index (κ2) is 6.60. The first-order valence-corrected chi connectivity index (χ1v) is 2.27. The van der Waals surface area contributed by atoms with E-state index in [0.717, 1.165) is 0 Å². The summed E-state index contributed by atoms with van der Waals surface area (Å²) in [7, 11) is 0. The van der Waals surface area contributed by atoms with Gasteiger partial charge in [0, 0.05) is 0 Å². The fourth-order valence-corrected chi connectivity index (χ4v) is 0. The minimum atomic E-state index is -1.50. The van der Waals surface area contributed by atoms with E-state index in [0.29, 0.717) is 0 Å². The summed E-state index contributed by atoms with van der Waals surface area (Å²) in [6, 6.07) is 0. The zero-order chi connectivity index (χ0) is 7.15. The third kappa shape index (κ3) is 741. The Bertz CT molecular complexity index is 68.4. The zero-order valence-electron chi connectivity index (χ0n) is 3.97. The van der Waals surface area contributed by atoms with Crippen LogP contribution in [0.3, 0.4) is 0 Å². The van der Waals surface area contributed by atoms with Gasteiger partial charge in [0.1, 0.15) is 0 Å². The molecule has 0 fully saturated rings. The summed E-state index contributed by atoms with van der Waals surface area (Å²) in [5.74, 6) is 0. The molecule has 0 saturated heterocycles. The third-order valence-corrected chi connectivity index (χ3v) is 0. The van der Waals surface area contributed by atoms with Crippen molar-refractivity contribution >= 4 is 28.2 Å². The van der Waals surface area contributed by atoms with E-state index in [1.807, 2.05) is 0 Å². The molecule has 0 heterocycles. The number of hydrogen-bond donors (Lipinski definition) is 1. The summed E-state index contributed by atoms with van der Waals surface area (Å²) in [4.78, 5) is 17.2. The minimum absolute atomic E-state index is 0.0710. The van der Waals surface area contributed by atoms with E-state index in [4.69, 9.17) is 25.4 Å². The van der Waals surface area contributed by atoms with Crippen molar-refractivity contribution in [3.05, 3.63) is 20.2 Å². The van der Waals surface area contributed by atoms with Gasteiger partial charge in [-0.3, -0.25) is 0 Å². The van der Waals surface area contributed by atoms with Crippen molar-refractivity contribution in [2.45, 2.75) is 0 Å². The molecule has 0 aliphatic rings. The van der Waals surface area contributed by atoms with Crippen molar-refractivity contribution in [3.63, 3.8) is 0 Å². The van der Waals surface area contributed by atoms with Gasteiger partial charge in [-0.2, -0.15) is 0 Å². The first-order chi connectivity index (χ1) is 3.46. The summed E-state index contributed by atoms with van der Waals surface area (Å²) in [5.41, 5.74) is 0. The van der Waals surface area contributed by atoms with Gasteiger partial charge in [0.25, 0.3) is 5.09 Å². The first-order valence-electron chi connectivity index (χ1n) is 1.38. The van der Waals surface area contributed by atoms with Gasteiger partial charge in [-0.15, -0.1) is 10.1 Å². The standard InChI is InChI=1S/HNO3.NO2.Na/c2-1(3)4;2-1-3;/h(H,2,3,4);;. The van der Waals surface area contributed by atoms with Crippen LogP contribution in [0.1, 0.15) is 0 Å². The number of rotatable bonds is 0. The molecular weight excluding hydrogens is 131 g/mol. The van der Waals surface area contributed by atoms with E-state index in [9.17, 15) is 0 Å². The van der Waals surface area contributed by atoms with Crippen LogP contribution in [-0.4, -0.2) is 41.0 Å². The van der Waals surface area contributed by atoms with Crippen LogP contribution in [-0.2, 0) is 0 Å². The van der Waals surface area contributed by atoms with E-state index in [-0.39, 0.29) is 30.7 Å². The third-order valence-electron chi connectivity index (χ3n) is 0. The Morgan fingerprint density at radius 3 is 1.38 bits per heavy atom. The Morgan fingerprint density at radius 1 is 1.38 bits per heavy atom. The summed E-state index contributed by atoms with van der Waals surface area (Å²) >= 11 is 0.0710. The van der Waals surface area contributed by atoms with E-state index < -0.39 is 5.09 Å². The van der Waals surface area contributed by atoms with Gasteiger partial charge >= 0.3 is 40.8 Å². The number of hydrogen-bond acceptors (Lipinski definition) is 4. The first kappa shape index (κ1) is 10.6. The quantitative estimate of drug-likeness (QED) is 0.258. The molecule has 0 spiro atoms. The van der Waals surface area contributed by atoms with Crippen LogP contribution in [0.25, 0.3) is 0 Å². The molecule has 0 saturated carbocycles. The maximum atomic E-state index is 8.87. The molecule has 0 amide bonds. The topological polar surface area (TPSA) is 107 Å². The van der Waals surface area contributed by atoms with Gasteiger partial charge in [-0.05, 0) is 0 Å². The predicted octanol–water partition coefficient (Wildman–Crippen LogP) is -1.00. The second-order valence-corrected chi connectivity index (χ2v) is 1.41. The normalized spacial score (nSPS) is 6.25. The van der Waals surface area contributed by atoms with Crippen molar-refractivity contribution < 1.29 is 12.7 Å². The maximum absolute atomic E-state index is 8.87. The molecule has 0 aliphatic heterocycles. The van der Waals surface area contributed by atoms with Crippen LogP contribution < -0.4 is 0 Å². The van der Waals surface area contributed by atoms with Gasteiger partial charge in [-0.1, -0.05) is 0 Å². The second-order valence-electron chi connectivity index (χ2n) is 0.678. The molecule has 7 nitrogen and oxygen atoms in total. The van der Waals surface area contributed by atoms with Crippen LogP contribution in [0, 0.1) is 20.2 Å². The average Bonchev–Trinajstić information content (AvgIpc) is 1.25. The van der Waals surface area contributed by atoms with E-state index in [1.165, 1.54) is 0 Å². The van der Waals surface area contributed by atoms with Crippen LogP contribution in [0.2, 0.25) is 0 Å². The van der Waals surface area contributed by atoms with Crippen LogP contribution in [0.15, 0.2) is 0 Å². The Labute approximate surface area is 61.4 Å². The monoisotopic (exact) mass is 132 g/mol. The summed E-state index contributed by atoms with van der Waals surface area (Å²) in [6.45, 7) is 0. The zero-order valence-corrected chi connectivity index (χ0v) is 5.97. The molecule has 1 N–H and O–H groups in total. The van der Waals surface area contributed by atoms with Crippen molar-refractivity contribution in [2.75, 3.05) is 0 Å². The molecule has 0 bridgehead atoms. The fourth-order valence-electron chi connectivity index (χ4n) is 0. The molecule has 42 valence electrons. The molecular formula is HN2NaO5. The molecule has 0 aromatic carbocycles. The van der Waals surface area contributed by atoms with Crippen molar-refractivity contribution in [1.29, 1.82) is 0 Å². The van der Waals surface area contributed by atoms with Crippen LogP contribution in [0.4, 0.5) is 0 Å². The number of nitrogens with zero attached hydrogens (tertiary/aromatic N) is 2. The Balaban J connectivity index is 0. The van der Waals surface area contributed by atoms with Crippen molar-refractivity contribution in [2.24, 2.45) is 0 Å². The fraction of sp³-hybridized carbons (Fsp3) is 0. The van der Waals surface area contributed by atoms with E-state index in [2.05, 4.69) is 0 Å². The van der Waals surface area contributed by atoms with Crippen molar-refractivity contribution in [3.8, 4) is 0 Å². The predicted molar refractivity (Wildman–Crippen MR) is 21.5 cm³/mol. The molecule has 0 rings (SSSR count). The summed E-state index contributed by atoms with van der Waals surface area (Å²) in [5, 5.41) is 22.5. The molecule has 8 heteroatoms. The van der Waals surface area contributed by atoms with Crippen molar-refractivity contribution in [1.82, 2.24) is 0 Å². The van der Waals surface area contributed by atoms with Gasteiger partial charge in [0.05, 0.1) is 0 Å². The Hall–Kier alpha value is -0.400. The number of nitro groups is 1. The molecule has 8 heavy (non-hydrogen) atoms. The van der Waals surface area contributed by atoms with Gasteiger partial charge in [-0.25, -0.2) is 0 Å². The van der Waals surface area contributed by atoms with Crippen LogP contribution in [0.5, 0.6) is 0 Å². The Kier molecular flexibility index (Phi) is 8.71. The average molecular weight is 132 g/mol. The van der Waals surface area contributed by atoms with Gasteiger partial charge < -0.3 is 5.21 Å². The molecule has 0 aromatic rings. The van der Waals surface area contributed by atoms with E-state index in [1.54, 1.807) is 0 Å². The SMILES string of the molecule is O=[N+]([O-])O.O=[N+]([O-])[Na]. The molecule has 0 aliphatic carbocycles. The molecule has 0 radical (unpaired) electrons. The van der Waals surface area contributed by atoms with E-state index >= 15 is 0 Å². The van der Waals surface area contributed by atoms with Gasteiger partial charge in [0.15, 0.2) is 0 Å². The van der Waals surface area contributed by atoms with Crippen LogP contribution >= 0.6 is 0 Å². The summed E-state index contributed by atoms with van der Waals surface area (Å²) in [6.07, 6.45) is 0. The molecule has 0 unspecified atom stereocenters. The Morgan fingerprint density at radius 2 is 1.38 bits per heavy atom. The van der Waals surface area contributed by atoms with Gasteiger partial charge in [0.2, 0.25) is 0 Å². The molecule has 0 atom stereocenters. The summed E-state index contributed by atoms with van der Waals surface area (Å²) < 4.78 is -0.361. The molecule has 0 aromatic heterocycles.